The molecule has 1 aliphatic carbocycles. The maximum Gasteiger partial charge on any atom is 0.192 e. The molecule has 0 bridgehead atoms. The number of hydrogen-bond donors (Lipinski definition) is 2. The molecule has 4 rings (SSSR count). The molecule has 0 amide bonds. The van der Waals surface area contributed by atoms with Crippen LogP contribution in [0.15, 0.2) is 4.99 Å². The Hall–Kier alpha value is -1.67. The van der Waals surface area contributed by atoms with Crippen LogP contribution in [0.25, 0.3) is 0 Å². The van der Waals surface area contributed by atoms with Gasteiger partial charge in [-0.3, -0.25) is 0 Å². The van der Waals surface area contributed by atoms with Gasteiger partial charge in [-0.15, -0.1) is 10.2 Å². The molecule has 2 N–H and O–H groups in total. The van der Waals surface area contributed by atoms with E-state index in [-0.39, 0.29) is 11.5 Å². The SMILES string of the molecule is Cc1nnc(CN=C(NCC2CCCO2)NC2C3CCCOC3C2(C)C)n1C. The van der Waals surface area contributed by atoms with Crippen LogP contribution in [-0.2, 0) is 23.1 Å². The van der Waals surface area contributed by atoms with Gasteiger partial charge in [0.05, 0.1) is 12.2 Å². The predicted octanol–water partition coefficient (Wildman–Crippen LogP) is 1.54. The van der Waals surface area contributed by atoms with Crippen LogP contribution in [0.1, 0.15) is 51.2 Å². The van der Waals surface area contributed by atoms with Gasteiger partial charge >= 0.3 is 0 Å². The molecule has 3 fully saturated rings. The molecule has 1 aromatic rings. The first-order valence-electron chi connectivity index (χ1n) is 10.6. The van der Waals surface area contributed by atoms with Gasteiger partial charge < -0.3 is 24.7 Å². The highest BCUT2D eigenvalue weighted by atomic mass is 16.5. The summed E-state index contributed by atoms with van der Waals surface area (Å²) in [6.07, 6.45) is 5.22. The highest BCUT2D eigenvalue weighted by Gasteiger charge is 2.58. The maximum atomic E-state index is 6.05. The molecule has 156 valence electrons. The minimum atomic E-state index is 0.0960. The molecule has 0 spiro atoms. The minimum absolute atomic E-state index is 0.0960. The fraction of sp³-hybridized carbons (Fsp3) is 0.850. The van der Waals surface area contributed by atoms with Gasteiger partial charge in [-0.2, -0.15) is 0 Å². The summed E-state index contributed by atoms with van der Waals surface area (Å²) in [5.41, 5.74) is 0.0960. The van der Waals surface area contributed by atoms with Gasteiger partial charge in [0.25, 0.3) is 0 Å². The van der Waals surface area contributed by atoms with E-state index >= 15 is 0 Å². The summed E-state index contributed by atoms with van der Waals surface area (Å²) in [5, 5.41) is 15.6. The van der Waals surface area contributed by atoms with Crippen LogP contribution in [0.4, 0.5) is 0 Å². The Morgan fingerprint density at radius 1 is 1.21 bits per heavy atom. The van der Waals surface area contributed by atoms with E-state index < -0.39 is 0 Å². The van der Waals surface area contributed by atoms with Gasteiger partial charge in [0.2, 0.25) is 0 Å². The number of aliphatic imine (C=N–C) groups is 1. The summed E-state index contributed by atoms with van der Waals surface area (Å²) in [7, 11) is 1.98. The van der Waals surface area contributed by atoms with E-state index in [1.54, 1.807) is 0 Å². The normalized spacial score (nSPS) is 31.9. The third kappa shape index (κ3) is 3.76. The van der Waals surface area contributed by atoms with Crippen molar-refractivity contribution in [2.24, 2.45) is 23.4 Å². The molecule has 1 aromatic heterocycles. The maximum absolute atomic E-state index is 6.05. The number of rotatable bonds is 5. The van der Waals surface area contributed by atoms with Crippen LogP contribution < -0.4 is 10.6 Å². The molecule has 0 aromatic carbocycles. The van der Waals surface area contributed by atoms with E-state index in [2.05, 4.69) is 34.7 Å². The Morgan fingerprint density at radius 2 is 2.00 bits per heavy atom. The van der Waals surface area contributed by atoms with Gasteiger partial charge in [0.15, 0.2) is 11.8 Å². The lowest BCUT2D eigenvalue weighted by atomic mass is 9.55. The van der Waals surface area contributed by atoms with Crippen molar-refractivity contribution in [3.63, 3.8) is 0 Å². The predicted molar refractivity (Wildman–Crippen MR) is 107 cm³/mol. The van der Waals surface area contributed by atoms with Crippen LogP contribution in [-0.4, -0.2) is 58.7 Å². The van der Waals surface area contributed by atoms with E-state index in [4.69, 9.17) is 14.5 Å². The molecule has 4 atom stereocenters. The van der Waals surface area contributed by atoms with Crippen molar-refractivity contribution in [1.82, 2.24) is 25.4 Å². The quantitative estimate of drug-likeness (QED) is 0.586. The fourth-order valence-corrected chi connectivity index (χ4v) is 4.87. The summed E-state index contributed by atoms with van der Waals surface area (Å²) >= 11 is 0. The second-order valence-electron chi connectivity index (χ2n) is 8.94. The van der Waals surface area contributed by atoms with Crippen LogP contribution in [0.2, 0.25) is 0 Å². The number of nitrogens with zero attached hydrogens (tertiary/aromatic N) is 4. The number of fused-ring (bicyclic) bond motifs is 1. The first-order chi connectivity index (χ1) is 13.5. The lowest BCUT2D eigenvalue weighted by Gasteiger charge is -2.60. The number of hydrogen-bond acceptors (Lipinski definition) is 5. The monoisotopic (exact) mass is 390 g/mol. The van der Waals surface area contributed by atoms with Crippen molar-refractivity contribution < 1.29 is 9.47 Å². The number of ether oxygens (including phenoxy) is 2. The average Bonchev–Trinajstić information content (AvgIpc) is 3.32. The van der Waals surface area contributed by atoms with Crippen LogP contribution in [0.3, 0.4) is 0 Å². The lowest BCUT2D eigenvalue weighted by molar-refractivity contribution is -0.188. The Labute approximate surface area is 167 Å². The molecule has 0 radical (unpaired) electrons. The van der Waals surface area contributed by atoms with E-state index in [1.807, 2.05) is 18.5 Å². The lowest BCUT2D eigenvalue weighted by Crippen LogP contribution is -2.71. The number of nitrogens with one attached hydrogen (secondary N) is 2. The zero-order valence-electron chi connectivity index (χ0n) is 17.6. The summed E-state index contributed by atoms with van der Waals surface area (Å²) in [5.74, 6) is 3.14. The number of aromatic nitrogens is 3. The van der Waals surface area contributed by atoms with Crippen molar-refractivity contribution in [3.8, 4) is 0 Å². The molecule has 3 heterocycles. The molecule has 4 unspecified atom stereocenters. The average molecular weight is 391 g/mol. The molecule has 28 heavy (non-hydrogen) atoms. The largest absolute Gasteiger partial charge is 0.377 e. The Bertz CT molecular complexity index is 710. The summed E-state index contributed by atoms with van der Waals surface area (Å²) < 4.78 is 13.8. The molecular formula is C20H34N6O2. The van der Waals surface area contributed by atoms with Gasteiger partial charge in [-0.25, -0.2) is 4.99 Å². The van der Waals surface area contributed by atoms with Crippen LogP contribution in [0.5, 0.6) is 0 Å². The highest BCUT2D eigenvalue weighted by molar-refractivity contribution is 5.80. The molecule has 2 saturated heterocycles. The van der Waals surface area contributed by atoms with Gasteiger partial charge in [-0.1, -0.05) is 13.8 Å². The number of aryl methyl sites for hydroxylation is 1. The van der Waals surface area contributed by atoms with E-state index in [9.17, 15) is 0 Å². The van der Waals surface area contributed by atoms with Gasteiger partial charge in [0, 0.05) is 44.2 Å². The second-order valence-corrected chi connectivity index (χ2v) is 8.94. The van der Waals surface area contributed by atoms with E-state index in [0.29, 0.717) is 24.6 Å². The smallest absolute Gasteiger partial charge is 0.192 e. The highest BCUT2D eigenvalue weighted by Crippen LogP contribution is 2.51. The standard InChI is InChI=1S/C20H34N6O2/c1-13-24-25-16(26(13)4)12-22-19(21-11-14-7-5-9-27-14)23-17-15-8-6-10-28-18(15)20(17,2)3/h14-15,17-18H,5-12H2,1-4H3,(H2,21,22,23). The summed E-state index contributed by atoms with van der Waals surface area (Å²) in [6.45, 7) is 9.57. The third-order valence-corrected chi connectivity index (χ3v) is 6.71. The van der Waals surface area contributed by atoms with Crippen molar-refractivity contribution in [3.05, 3.63) is 11.6 Å². The molecule has 8 nitrogen and oxygen atoms in total. The van der Waals surface area contributed by atoms with E-state index in [0.717, 1.165) is 56.6 Å². The Balaban J connectivity index is 1.45. The van der Waals surface area contributed by atoms with Gasteiger partial charge in [-0.05, 0) is 32.6 Å². The molecule has 8 heteroatoms. The molecule has 2 aliphatic heterocycles. The first-order valence-corrected chi connectivity index (χ1v) is 10.6. The molecule has 1 saturated carbocycles. The summed E-state index contributed by atoms with van der Waals surface area (Å²) in [6, 6.07) is 0.356. The van der Waals surface area contributed by atoms with Crippen LogP contribution >= 0.6 is 0 Å². The third-order valence-electron chi connectivity index (χ3n) is 6.71. The fourth-order valence-electron chi connectivity index (χ4n) is 4.87. The van der Waals surface area contributed by atoms with Crippen molar-refractivity contribution in [2.75, 3.05) is 19.8 Å². The zero-order valence-corrected chi connectivity index (χ0v) is 17.6. The number of guanidine groups is 1. The Kier molecular flexibility index (Phi) is 5.60. The van der Waals surface area contributed by atoms with Crippen molar-refractivity contribution in [1.29, 1.82) is 0 Å². The van der Waals surface area contributed by atoms with Crippen LogP contribution in [0, 0.1) is 18.3 Å². The summed E-state index contributed by atoms with van der Waals surface area (Å²) in [4.78, 5) is 4.83. The topological polar surface area (TPSA) is 85.6 Å². The molecular weight excluding hydrogens is 356 g/mol. The first kappa shape index (κ1) is 19.6. The van der Waals surface area contributed by atoms with E-state index in [1.165, 1.54) is 6.42 Å². The van der Waals surface area contributed by atoms with Crippen molar-refractivity contribution in [2.45, 2.75) is 71.2 Å². The minimum Gasteiger partial charge on any atom is -0.377 e. The zero-order chi connectivity index (χ0) is 19.7. The molecule has 3 aliphatic rings. The van der Waals surface area contributed by atoms with Gasteiger partial charge in [0.1, 0.15) is 12.4 Å². The second kappa shape index (κ2) is 7.99. The Morgan fingerprint density at radius 3 is 2.71 bits per heavy atom. The van der Waals surface area contributed by atoms with Crippen molar-refractivity contribution >= 4 is 5.96 Å².